The molecule has 1 unspecified atom stereocenters. The van der Waals surface area contributed by atoms with Gasteiger partial charge in [0, 0.05) is 29.0 Å². The molecule has 0 bridgehead atoms. The molecule has 2 amide bonds. The third-order valence-electron chi connectivity index (χ3n) is 3.30. The SMILES string of the molecule is NC1=NC(=O)N(Cc2ccccc2)C1c1cncc(Br)c1. The van der Waals surface area contributed by atoms with Crippen LogP contribution in [0.3, 0.4) is 0 Å². The monoisotopic (exact) mass is 344 g/mol. The second kappa shape index (κ2) is 5.65. The minimum Gasteiger partial charge on any atom is -0.385 e. The van der Waals surface area contributed by atoms with Gasteiger partial charge in [0.1, 0.15) is 11.9 Å². The first-order valence-electron chi connectivity index (χ1n) is 6.44. The van der Waals surface area contributed by atoms with E-state index in [4.69, 9.17) is 5.73 Å². The molecule has 6 heteroatoms. The number of nitrogens with two attached hydrogens (primary N) is 1. The molecule has 1 aromatic carbocycles. The van der Waals surface area contributed by atoms with Crippen LogP contribution in [0.5, 0.6) is 0 Å². The van der Waals surface area contributed by atoms with Crippen LogP contribution in [0.4, 0.5) is 4.79 Å². The van der Waals surface area contributed by atoms with Crippen molar-refractivity contribution in [1.29, 1.82) is 0 Å². The Balaban J connectivity index is 1.93. The van der Waals surface area contributed by atoms with Gasteiger partial charge in [-0.2, -0.15) is 4.99 Å². The van der Waals surface area contributed by atoms with Gasteiger partial charge < -0.3 is 10.6 Å². The second-order valence-electron chi connectivity index (χ2n) is 4.77. The lowest BCUT2D eigenvalue weighted by Gasteiger charge is -2.24. The van der Waals surface area contributed by atoms with Crippen molar-refractivity contribution >= 4 is 27.8 Å². The Hall–Kier alpha value is -2.21. The number of aromatic nitrogens is 1. The number of hydrogen-bond donors (Lipinski definition) is 1. The van der Waals surface area contributed by atoms with Crippen molar-refractivity contribution in [3.8, 4) is 0 Å². The fraction of sp³-hybridized carbons (Fsp3) is 0.133. The Bertz CT molecular complexity index is 702. The molecule has 3 rings (SSSR count). The molecule has 1 atom stereocenters. The van der Waals surface area contributed by atoms with E-state index in [2.05, 4.69) is 25.9 Å². The van der Waals surface area contributed by atoms with Gasteiger partial charge in [-0.1, -0.05) is 30.3 Å². The number of nitrogens with zero attached hydrogens (tertiary/aromatic N) is 3. The van der Waals surface area contributed by atoms with Crippen LogP contribution in [0, 0.1) is 0 Å². The van der Waals surface area contributed by atoms with Gasteiger partial charge >= 0.3 is 6.03 Å². The zero-order valence-corrected chi connectivity index (χ0v) is 12.7. The van der Waals surface area contributed by atoms with Crippen LogP contribution in [-0.2, 0) is 6.54 Å². The van der Waals surface area contributed by atoms with Gasteiger partial charge in [-0.15, -0.1) is 0 Å². The van der Waals surface area contributed by atoms with Gasteiger partial charge in [0.05, 0.1) is 0 Å². The van der Waals surface area contributed by atoms with E-state index in [0.29, 0.717) is 12.4 Å². The van der Waals surface area contributed by atoms with Crippen LogP contribution >= 0.6 is 15.9 Å². The molecule has 1 aromatic heterocycles. The fourth-order valence-corrected chi connectivity index (χ4v) is 2.76. The zero-order valence-electron chi connectivity index (χ0n) is 11.1. The number of hydrogen-bond acceptors (Lipinski definition) is 3. The normalized spacial score (nSPS) is 18.0. The molecule has 0 saturated carbocycles. The summed E-state index contributed by atoms with van der Waals surface area (Å²) < 4.78 is 0.840. The predicted molar refractivity (Wildman–Crippen MR) is 83.7 cm³/mol. The summed E-state index contributed by atoms with van der Waals surface area (Å²) in [5.41, 5.74) is 7.81. The Morgan fingerprint density at radius 1 is 1.24 bits per heavy atom. The van der Waals surface area contributed by atoms with Crippen molar-refractivity contribution in [3.63, 3.8) is 0 Å². The number of benzene rings is 1. The number of carbonyl (C=O) groups excluding carboxylic acids is 1. The third kappa shape index (κ3) is 2.80. The number of amides is 2. The van der Waals surface area contributed by atoms with E-state index in [9.17, 15) is 4.79 Å². The van der Waals surface area contributed by atoms with Crippen molar-refractivity contribution in [1.82, 2.24) is 9.88 Å². The minimum atomic E-state index is -0.372. The lowest BCUT2D eigenvalue weighted by molar-refractivity contribution is 0.203. The summed E-state index contributed by atoms with van der Waals surface area (Å²) in [6.45, 7) is 0.459. The van der Waals surface area contributed by atoms with E-state index in [0.717, 1.165) is 15.6 Å². The van der Waals surface area contributed by atoms with E-state index in [1.807, 2.05) is 36.4 Å². The Morgan fingerprint density at radius 2 is 2.00 bits per heavy atom. The summed E-state index contributed by atoms with van der Waals surface area (Å²) in [4.78, 5) is 21.8. The topological polar surface area (TPSA) is 71.6 Å². The maximum absolute atomic E-state index is 12.1. The Kier molecular flexibility index (Phi) is 3.70. The smallest absolute Gasteiger partial charge is 0.346 e. The zero-order chi connectivity index (χ0) is 14.8. The highest BCUT2D eigenvalue weighted by Gasteiger charge is 2.34. The van der Waals surface area contributed by atoms with Crippen LogP contribution in [-0.4, -0.2) is 21.8 Å². The molecule has 2 N–H and O–H groups in total. The molecule has 106 valence electrons. The largest absolute Gasteiger partial charge is 0.385 e. The van der Waals surface area contributed by atoms with Crippen molar-refractivity contribution in [2.75, 3.05) is 0 Å². The van der Waals surface area contributed by atoms with Gasteiger partial charge in [0.2, 0.25) is 0 Å². The number of urea groups is 1. The highest BCUT2D eigenvalue weighted by Crippen LogP contribution is 2.29. The van der Waals surface area contributed by atoms with Gasteiger partial charge in [-0.3, -0.25) is 4.98 Å². The lowest BCUT2D eigenvalue weighted by atomic mass is 10.1. The molecular formula is C15H13BrN4O. The van der Waals surface area contributed by atoms with E-state index >= 15 is 0 Å². The molecule has 2 heterocycles. The third-order valence-corrected chi connectivity index (χ3v) is 3.73. The van der Waals surface area contributed by atoms with Crippen LogP contribution in [0.2, 0.25) is 0 Å². The number of rotatable bonds is 3. The first-order chi connectivity index (χ1) is 10.1. The molecular weight excluding hydrogens is 332 g/mol. The number of amidine groups is 1. The lowest BCUT2D eigenvalue weighted by Crippen LogP contribution is -2.33. The van der Waals surface area contributed by atoms with E-state index in [1.54, 1.807) is 17.3 Å². The van der Waals surface area contributed by atoms with Crippen LogP contribution in [0.1, 0.15) is 17.2 Å². The summed E-state index contributed by atoms with van der Waals surface area (Å²) >= 11 is 3.38. The van der Waals surface area contributed by atoms with Crippen LogP contribution < -0.4 is 5.73 Å². The summed E-state index contributed by atoms with van der Waals surface area (Å²) in [5.74, 6) is 0.302. The quantitative estimate of drug-likeness (QED) is 0.930. The van der Waals surface area contributed by atoms with E-state index in [-0.39, 0.29) is 12.1 Å². The van der Waals surface area contributed by atoms with Crippen molar-refractivity contribution in [3.05, 3.63) is 64.4 Å². The minimum absolute atomic E-state index is 0.302. The van der Waals surface area contributed by atoms with E-state index in [1.165, 1.54) is 0 Å². The van der Waals surface area contributed by atoms with Crippen molar-refractivity contribution < 1.29 is 4.79 Å². The van der Waals surface area contributed by atoms with Crippen LogP contribution in [0.15, 0.2) is 58.3 Å². The summed E-state index contributed by atoms with van der Waals surface area (Å²) in [6.07, 6.45) is 3.39. The molecule has 0 saturated heterocycles. The van der Waals surface area contributed by atoms with Gasteiger partial charge in [0.25, 0.3) is 0 Å². The molecule has 2 aromatic rings. The van der Waals surface area contributed by atoms with Gasteiger partial charge in [0.15, 0.2) is 0 Å². The van der Waals surface area contributed by atoms with Gasteiger partial charge in [-0.05, 0) is 27.6 Å². The number of pyridine rings is 1. The average Bonchev–Trinajstić information content (AvgIpc) is 2.74. The first kappa shape index (κ1) is 13.8. The van der Waals surface area contributed by atoms with Crippen molar-refractivity contribution in [2.45, 2.75) is 12.6 Å². The molecule has 0 fully saturated rings. The molecule has 1 aliphatic rings. The molecule has 0 aliphatic carbocycles. The van der Waals surface area contributed by atoms with Crippen molar-refractivity contribution in [2.24, 2.45) is 10.7 Å². The molecule has 0 spiro atoms. The number of halogens is 1. The molecule has 1 aliphatic heterocycles. The fourth-order valence-electron chi connectivity index (χ4n) is 2.37. The number of aliphatic imine (C=N–C) groups is 1. The van der Waals surface area contributed by atoms with Gasteiger partial charge in [-0.25, -0.2) is 4.79 Å². The summed E-state index contributed by atoms with van der Waals surface area (Å²) in [5, 5.41) is 0. The Labute approximate surface area is 130 Å². The first-order valence-corrected chi connectivity index (χ1v) is 7.23. The maximum Gasteiger partial charge on any atom is 0.346 e. The van der Waals surface area contributed by atoms with Crippen LogP contribution in [0.25, 0.3) is 0 Å². The molecule has 5 nitrogen and oxygen atoms in total. The maximum atomic E-state index is 12.1. The standard InChI is InChI=1S/C15H13BrN4O/c16-12-6-11(7-18-8-12)13-14(17)19-15(21)20(13)9-10-4-2-1-3-5-10/h1-8,13H,9H2,(H2,17,19,21). The molecule has 21 heavy (non-hydrogen) atoms. The Morgan fingerprint density at radius 3 is 2.71 bits per heavy atom. The van der Waals surface area contributed by atoms with E-state index < -0.39 is 0 Å². The molecule has 0 radical (unpaired) electrons. The highest BCUT2D eigenvalue weighted by molar-refractivity contribution is 9.10. The highest BCUT2D eigenvalue weighted by atomic mass is 79.9. The summed E-state index contributed by atoms with van der Waals surface area (Å²) in [6, 6.07) is 11.0. The summed E-state index contributed by atoms with van der Waals surface area (Å²) in [7, 11) is 0. The predicted octanol–water partition coefficient (Wildman–Crippen LogP) is 2.88. The second-order valence-corrected chi connectivity index (χ2v) is 5.69. The number of carbonyl (C=O) groups is 1. The average molecular weight is 345 g/mol.